The number of nitriles is 1. The predicted octanol–water partition coefficient (Wildman–Crippen LogP) is 0.700. The second-order valence-electron chi connectivity index (χ2n) is 4.19. The normalized spacial score (nSPS) is 39.8. The molecule has 4 nitrogen and oxygen atoms in total. The number of nitrogens with zero attached hydrogens (tertiary/aromatic N) is 2. The average molecular weight is 180 g/mol. The molecule has 3 saturated carbocycles. The van der Waals surface area contributed by atoms with Crippen LogP contribution in [0.25, 0.3) is 0 Å². The van der Waals surface area contributed by atoms with Crippen molar-refractivity contribution in [3.05, 3.63) is 0 Å². The first-order chi connectivity index (χ1) is 6.07. The minimum atomic E-state index is -0.250. The third-order valence-electron chi connectivity index (χ3n) is 3.28. The van der Waals surface area contributed by atoms with Gasteiger partial charge >= 0.3 is 0 Å². The third-order valence-corrected chi connectivity index (χ3v) is 3.28. The summed E-state index contributed by atoms with van der Waals surface area (Å²) in [7, 11) is 3.09. The van der Waals surface area contributed by atoms with Gasteiger partial charge in [-0.2, -0.15) is 5.26 Å². The van der Waals surface area contributed by atoms with Crippen LogP contribution in [0, 0.1) is 22.2 Å². The zero-order valence-electron chi connectivity index (χ0n) is 7.83. The van der Waals surface area contributed by atoms with Crippen LogP contribution in [0.15, 0.2) is 0 Å². The number of hydrogen-bond donors (Lipinski definition) is 0. The number of amides is 1. The topological polar surface area (TPSA) is 53.3 Å². The van der Waals surface area contributed by atoms with Crippen molar-refractivity contribution in [2.45, 2.75) is 19.3 Å². The van der Waals surface area contributed by atoms with E-state index >= 15 is 0 Å². The van der Waals surface area contributed by atoms with Gasteiger partial charge in [0.05, 0.1) is 24.0 Å². The quantitative estimate of drug-likeness (QED) is 0.588. The molecule has 0 aliphatic heterocycles. The molecular formula is C9H12N2O2. The Hall–Kier alpha value is -1.08. The predicted molar refractivity (Wildman–Crippen MR) is 44.1 cm³/mol. The second-order valence-corrected chi connectivity index (χ2v) is 4.19. The lowest BCUT2D eigenvalue weighted by Crippen LogP contribution is -2.67. The Morgan fingerprint density at radius 2 is 2.08 bits per heavy atom. The van der Waals surface area contributed by atoms with Gasteiger partial charge in [-0.05, 0) is 19.3 Å². The Bertz CT molecular complexity index is 285. The first-order valence-electron chi connectivity index (χ1n) is 4.31. The summed E-state index contributed by atoms with van der Waals surface area (Å²) in [4.78, 5) is 16.5. The summed E-state index contributed by atoms with van der Waals surface area (Å²) in [6.07, 6.45) is 2.18. The van der Waals surface area contributed by atoms with Crippen LogP contribution in [-0.4, -0.2) is 25.1 Å². The maximum Gasteiger partial charge on any atom is 0.252 e. The van der Waals surface area contributed by atoms with Gasteiger partial charge in [-0.1, -0.05) is 0 Å². The number of hydrogen-bond acceptors (Lipinski definition) is 3. The molecular weight excluding hydrogens is 168 g/mol. The minimum Gasteiger partial charge on any atom is -0.275 e. The van der Waals surface area contributed by atoms with Crippen molar-refractivity contribution in [3.8, 4) is 6.07 Å². The highest BCUT2D eigenvalue weighted by Gasteiger charge is 2.72. The fourth-order valence-corrected chi connectivity index (χ4v) is 2.55. The van der Waals surface area contributed by atoms with Crippen LogP contribution >= 0.6 is 0 Å². The molecule has 3 aliphatic rings. The fourth-order valence-electron chi connectivity index (χ4n) is 2.55. The van der Waals surface area contributed by atoms with E-state index < -0.39 is 0 Å². The Morgan fingerprint density at radius 3 is 2.46 bits per heavy atom. The van der Waals surface area contributed by atoms with Crippen molar-refractivity contribution in [3.63, 3.8) is 0 Å². The van der Waals surface area contributed by atoms with Gasteiger partial charge in [0.2, 0.25) is 0 Å². The van der Waals surface area contributed by atoms with E-state index in [-0.39, 0.29) is 16.7 Å². The first kappa shape index (κ1) is 8.52. The standard InChI is InChI=1S/C9H12N2O2/c1-11(13-2)7(12)9-3-8(4-9,5-9)6-10/h3-5H2,1-2H3. The molecule has 2 bridgehead atoms. The summed E-state index contributed by atoms with van der Waals surface area (Å²) >= 11 is 0. The highest BCUT2D eigenvalue weighted by atomic mass is 16.7. The van der Waals surface area contributed by atoms with Crippen molar-refractivity contribution < 1.29 is 9.63 Å². The maximum atomic E-state index is 11.7. The van der Waals surface area contributed by atoms with E-state index in [0.717, 1.165) is 19.3 Å². The first-order valence-corrected chi connectivity index (χ1v) is 4.31. The van der Waals surface area contributed by atoms with E-state index in [1.165, 1.54) is 12.2 Å². The molecule has 70 valence electrons. The van der Waals surface area contributed by atoms with Crippen LogP contribution in [0.1, 0.15) is 19.3 Å². The van der Waals surface area contributed by atoms with Crippen LogP contribution in [0.5, 0.6) is 0 Å². The van der Waals surface area contributed by atoms with Gasteiger partial charge < -0.3 is 0 Å². The van der Waals surface area contributed by atoms with Crippen LogP contribution in [0.2, 0.25) is 0 Å². The molecule has 4 heteroatoms. The fraction of sp³-hybridized carbons (Fsp3) is 0.778. The number of hydroxylamine groups is 2. The lowest BCUT2D eigenvalue weighted by molar-refractivity contribution is -0.224. The molecule has 3 fully saturated rings. The summed E-state index contributed by atoms with van der Waals surface area (Å²) in [6, 6.07) is 2.27. The summed E-state index contributed by atoms with van der Waals surface area (Å²) in [5.41, 5.74) is -0.412. The molecule has 3 rings (SSSR count). The van der Waals surface area contributed by atoms with E-state index in [0.29, 0.717) is 0 Å². The number of rotatable bonds is 2. The van der Waals surface area contributed by atoms with Crippen molar-refractivity contribution in [2.75, 3.05) is 14.2 Å². The molecule has 0 radical (unpaired) electrons. The van der Waals surface area contributed by atoms with Crippen molar-refractivity contribution >= 4 is 5.91 Å². The van der Waals surface area contributed by atoms with E-state index in [4.69, 9.17) is 10.1 Å². The molecule has 0 heterocycles. The average Bonchev–Trinajstić information content (AvgIpc) is 1.99. The molecule has 0 aromatic carbocycles. The van der Waals surface area contributed by atoms with Crippen LogP contribution < -0.4 is 0 Å². The van der Waals surface area contributed by atoms with E-state index in [9.17, 15) is 4.79 Å². The van der Waals surface area contributed by atoms with Gasteiger partial charge in [0.25, 0.3) is 5.91 Å². The SMILES string of the molecule is CON(C)C(=O)C12CC(C#N)(C1)C2. The molecule has 13 heavy (non-hydrogen) atoms. The Labute approximate surface area is 77.0 Å². The van der Waals surface area contributed by atoms with Crippen molar-refractivity contribution in [2.24, 2.45) is 10.8 Å². The molecule has 0 N–H and O–H groups in total. The van der Waals surface area contributed by atoms with E-state index in [1.807, 2.05) is 0 Å². The highest BCUT2D eigenvalue weighted by Crippen LogP contribution is 2.73. The van der Waals surface area contributed by atoms with Crippen molar-refractivity contribution in [1.29, 1.82) is 5.26 Å². The molecule has 1 amide bonds. The zero-order chi connectivity index (χ0) is 9.69. The summed E-state index contributed by atoms with van der Waals surface area (Å²) in [5, 5.41) is 10.0. The molecule has 0 spiro atoms. The van der Waals surface area contributed by atoms with E-state index in [1.54, 1.807) is 7.05 Å². The molecule has 0 aromatic rings. The van der Waals surface area contributed by atoms with Crippen LogP contribution in [0.3, 0.4) is 0 Å². The molecule has 0 atom stereocenters. The Morgan fingerprint density at radius 1 is 1.54 bits per heavy atom. The largest absolute Gasteiger partial charge is 0.275 e. The molecule has 0 unspecified atom stereocenters. The summed E-state index contributed by atoms with van der Waals surface area (Å²) in [6.45, 7) is 0. The lowest BCUT2D eigenvalue weighted by atomic mass is 9.35. The van der Waals surface area contributed by atoms with Gasteiger partial charge in [-0.25, -0.2) is 5.06 Å². The van der Waals surface area contributed by atoms with Gasteiger partial charge in [0.1, 0.15) is 0 Å². The number of carbonyl (C=O) groups excluding carboxylic acids is 1. The minimum absolute atomic E-state index is 0.0205. The highest BCUT2D eigenvalue weighted by molar-refractivity contribution is 5.86. The van der Waals surface area contributed by atoms with Crippen LogP contribution in [0.4, 0.5) is 0 Å². The molecule has 0 saturated heterocycles. The van der Waals surface area contributed by atoms with Gasteiger partial charge in [0, 0.05) is 7.05 Å². The maximum absolute atomic E-state index is 11.7. The lowest BCUT2D eigenvalue weighted by Gasteiger charge is -2.65. The van der Waals surface area contributed by atoms with Crippen LogP contribution in [-0.2, 0) is 9.63 Å². The Balaban J connectivity index is 2.01. The molecule has 0 aromatic heterocycles. The number of carbonyl (C=O) groups is 1. The molecule has 3 aliphatic carbocycles. The smallest absolute Gasteiger partial charge is 0.252 e. The second kappa shape index (κ2) is 2.24. The van der Waals surface area contributed by atoms with E-state index in [2.05, 4.69) is 6.07 Å². The monoisotopic (exact) mass is 180 g/mol. The zero-order valence-corrected chi connectivity index (χ0v) is 7.83. The third kappa shape index (κ3) is 0.853. The Kier molecular flexibility index (Phi) is 1.46. The van der Waals surface area contributed by atoms with Gasteiger partial charge in [-0.15, -0.1) is 0 Å². The summed E-state index contributed by atoms with van der Waals surface area (Å²) < 4.78 is 0. The van der Waals surface area contributed by atoms with Gasteiger partial charge in [0.15, 0.2) is 0 Å². The van der Waals surface area contributed by atoms with Gasteiger partial charge in [-0.3, -0.25) is 9.63 Å². The van der Waals surface area contributed by atoms with Crippen molar-refractivity contribution in [1.82, 2.24) is 5.06 Å². The summed E-state index contributed by atoms with van der Waals surface area (Å²) in [5.74, 6) is 0.0205.